The Balaban J connectivity index is 1.51. The van der Waals surface area contributed by atoms with Gasteiger partial charge >= 0.3 is 5.97 Å². The van der Waals surface area contributed by atoms with Gasteiger partial charge in [-0.3, -0.25) is 4.79 Å². The van der Waals surface area contributed by atoms with E-state index in [0.29, 0.717) is 24.8 Å². The molecule has 166 valence electrons. The lowest BCUT2D eigenvalue weighted by Crippen LogP contribution is -2.70. The van der Waals surface area contributed by atoms with Crippen molar-refractivity contribution in [2.45, 2.75) is 90.7 Å². The molecule has 4 heterocycles. The minimum atomic E-state index is -0.810. The molecule has 7 nitrogen and oxygen atoms in total. The van der Waals surface area contributed by atoms with Gasteiger partial charge in [0.15, 0.2) is 11.9 Å². The molecule has 2 unspecified atom stereocenters. The largest absolute Gasteiger partial charge is 0.435 e. The van der Waals surface area contributed by atoms with E-state index in [1.165, 1.54) is 0 Å². The molecule has 0 amide bonds. The van der Waals surface area contributed by atoms with Gasteiger partial charge in [-0.05, 0) is 51.1 Å². The molecule has 4 saturated heterocycles. The van der Waals surface area contributed by atoms with Crippen LogP contribution in [-0.4, -0.2) is 54.5 Å². The Kier molecular flexibility index (Phi) is 5.99. The first kappa shape index (κ1) is 21.5. The van der Waals surface area contributed by atoms with Crippen LogP contribution in [0.4, 0.5) is 0 Å². The number of rotatable bonds is 6. The van der Waals surface area contributed by atoms with Gasteiger partial charge in [0.1, 0.15) is 0 Å². The van der Waals surface area contributed by atoms with Crippen LogP contribution in [0.3, 0.4) is 0 Å². The van der Waals surface area contributed by atoms with E-state index in [4.69, 9.17) is 24.0 Å². The number of fused-ring (bicyclic) bond motifs is 2. The number of esters is 1. The zero-order valence-electron chi connectivity index (χ0n) is 18.5. The molecule has 0 N–H and O–H groups in total. The third-order valence-corrected chi connectivity index (χ3v) is 7.87. The summed E-state index contributed by atoms with van der Waals surface area (Å²) in [7, 11) is 0. The zero-order chi connectivity index (χ0) is 20.8. The smallest absolute Gasteiger partial charge is 0.309 e. The zero-order valence-corrected chi connectivity index (χ0v) is 18.5. The monoisotopic (exact) mass is 411 g/mol. The second-order valence-corrected chi connectivity index (χ2v) is 9.54. The van der Waals surface area contributed by atoms with E-state index in [-0.39, 0.29) is 17.8 Å². The van der Waals surface area contributed by atoms with Crippen LogP contribution in [0.15, 0.2) is 0 Å². The van der Waals surface area contributed by atoms with Crippen LogP contribution in [0.25, 0.3) is 0 Å². The second-order valence-electron chi connectivity index (χ2n) is 9.54. The Labute approximate surface area is 174 Å². The highest BCUT2D eigenvalue weighted by Gasteiger charge is 2.69. The van der Waals surface area contributed by atoms with Gasteiger partial charge in [0, 0.05) is 24.8 Å². The van der Waals surface area contributed by atoms with Crippen LogP contribution >= 0.6 is 0 Å². The molecule has 8 atom stereocenters. The first-order valence-corrected chi connectivity index (χ1v) is 11.4. The van der Waals surface area contributed by atoms with Crippen molar-refractivity contribution in [1.29, 1.82) is 0 Å². The van der Waals surface area contributed by atoms with Crippen LogP contribution in [0.5, 0.6) is 0 Å². The Bertz CT molecular complexity index is 612. The maximum Gasteiger partial charge on any atom is 0.309 e. The summed E-state index contributed by atoms with van der Waals surface area (Å²) in [5.74, 6) is 0.00406. The van der Waals surface area contributed by atoms with Crippen LogP contribution in [0, 0.1) is 23.7 Å². The summed E-state index contributed by atoms with van der Waals surface area (Å²) in [5.41, 5.74) is -0.614. The molecule has 0 aromatic rings. The van der Waals surface area contributed by atoms with Crippen molar-refractivity contribution in [3.8, 4) is 0 Å². The number of hydrogen-bond donors (Lipinski definition) is 0. The van der Waals surface area contributed by atoms with Crippen molar-refractivity contribution in [2.24, 2.45) is 23.7 Å². The summed E-state index contributed by atoms with van der Waals surface area (Å²) in [5, 5.41) is 0. The number of carbonyl (C=O) groups excluding carboxylic acids is 1. The minimum absolute atomic E-state index is 0.0216. The highest BCUT2D eigenvalue weighted by Crippen LogP contribution is 2.60. The summed E-state index contributed by atoms with van der Waals surface area (Å²) in [6, 6.07) is 0. The Morgan fingerprint density at radius 1 is 1.10 bits per heavy atom. The average molecular weight is 412 g/mol. The number of hydrogen-bond acceptors (Lipinski definition) is 7. The fraction of sp³-hybridized carbons (Fsp3) is 0.955. The Hall–Kier alpha value is -0.730. The van der Waals surface area contributed by atoms with Gasteiger partial charge in [-0.15, -0.1) is 0 Å². The predicted octanol–water partition coefficient (Wildman–Crippen LogP) is 3.47. The van der Waals surface area contributed by atoms with Crippen LogP contribution in [0.2, 0.25) is 0 Å². The van der Waals surface area contributed by atoms with Crippen molar-refractivity contribution in [2.75, 3.05) is 19.6 Å². The number of carbonyl (C=O) groups is 1. The van der Waals surface area contributed by atoms with E-state index in [2.05, 4.69) is 32.6 Å². The lowest BCUT2D eigenvalue weighted by molar-refractivity contribution is -0.576. The molecule has 0 aromatic heterocycles. The maximum atomic E-state index is 12.5. The third-order valence-electron chi connectivity index (χ3n) is 7.87. The lowest BCUT2D eigenvalue weighted by atomic mass is 9.58. The Morgan fingerprint density at radius 3 is 2.59 bits per heavy atom. The van der Waals surface area contributed by atoms with Gasteiger partial charge in [-0.25, -0.2) is 9.78 Å². The summed E-state index contributed by atoms with van der Waals surface area (Å²) < 4.78 is 18.4. The molecule has 5 fully saturated rings. The van der Waals surface area contributed by atoms with Crippen molar-refractivity contribution in [3.63, 3.8) is 0 Å². The molecule has 5 aliphatic rings. The van der Waals surface area contributed by atoms with E-state index in [0.717, 1.165) is 38.8 Å². The number of ether oxygens (including phenoxy) is 3. The lowest BCUT2D eigenvalue weighted by Gasteiger charge is -2.59. The Morgan fingerprint density at radius 2 is 1.86 bits per heavy atom. The molecule has 29 heavy (non-hydrogen) atoms. The molecular formula is C22H37NO6. The summed E-state index contributed by atoms with van der Waals surface area (Å²) in [6.45, 7) is 13.1. The van der Waals surface area contributed by atoms with Gasteiger partial charge in [0.2, 0.25) is 12.1 Å². The van der Waals surface area contributed by atoms with E-state index < -0.39 is 24.0 Å². The molecule has 0 aromatic carbocycles. The summed E-state index contributed by atoms with van der Waals surface area (Å²) >= 11 is 0. The van der Waals surface area contributed by atoms with Crippen LogP contribution in [-0.2, 0) is 28.8 Å². The molecular weight excluding hydrogens is 374 g/mol. The fourth-order valence-electron chi connectivity index (χ4n) is 5.98. The standard InChI is InChI=1S/C22H37NO6/c1-6-23(7-2)13-11-18(24)25-19-15(4)17-9-8-14(3)16-10-12-21(5)27-20(26-19)22(16,17)29-28-21/h14-17,19-20H,6-13H2,1-5H3/t14-,15-,16+,17+,19-,20?,21+,22?/m1/s1. The fourth-order valence-corrected chi connectivity index (χ4v) is 5.98. The number of nitrogens with zero attached hydrogens (tertiary/aromatic N) is 1. The third kappa shape index (κ3) is 3.63. The van der Waals surface area contributed by atoms with Gasteiger partial charge < -0.3 is 19.1 Å². The molecule has 1 saturated carbocycles. The maximum absolute atomic E-state index is 12.5. The van der Waals surface area contributed by atoms with Crippen LogP contribution in [0.1, 0.15) is 66.7 Å². The van der Waals surface area contributed by atoms with Crippen molar-refractivity contribution < 1.29 is 28.8 Å². The second kappa shape index (κ2) is 8.08. The molecule has 2 bridgehead atoms. The quantitative estimate of drug-likeness (QED) is 0.490. The van der Waals surface area contributed by atoms with Gasteiger partial charge in [-0.1, -0.05) is 27.7 Å². The predicted molar refractivity (Wildman–Crippen MR) is 105 cm³/mol. The first-order valence-electron chi connectivity index (χ1n) is 11.4. The molecule has 5 rings (SSSR count). The van der Waals surface area contributed by atoms with Gasteiger partial charge in [0.05, 0.1) is 6.42 Å². The molecule has 1 aliphatic carbocycles. The molecule has 4 aliphatic heterocycles. The van der Waals surface area contributed by atoms with Crippen LogP contribution < -0.4 is 0 Å². The van der Waals surface area contributed by atoms with Crippen molar-refractivity contribution >= 4 is 5.97 Å². The normalized spacial score (nSPS) is 46.3. The van der Waals surface area contributed by atoms with E-state index in [1.807, 2.05) is 6.92 Å². The first-order chi connectivity index (χ1) is 13.8. The van der Waals surface area contributed by atoms with Crippen molar-refractivity contribution in [1.82, 2.24) is 4.90 Å². The average Bonchev–Trinajstić information content (AvgIpc) is 2.93. The highest BCUT2D eigenvalue weighted by atomic mass is 17.3. The van der Waals surface area contributed by atoms with Gasteiger partial charge in [0.25, 0.3) is 0 Å². The van der Waals surface area contributed by atoms with E-state index >= 15 is 0 Å². The molecule has 7 heteroatoms. The van der Waals surface area contributed by atoms with Crippen molar-refractivity contribution in [3.05, 3.63) is 0 Å². The topological polar surface area (TPSA) is 66.5 Å². The molecule has 0 radical (unpaired) electrons. The van der Waals surface area contributed by atoms with Gasteiger partial charge in [-0.2, -0.15) is 0 Å². The summed E-state index contributed by atoms with van der Waals surface area (Å²) in [6.07, 6.45) is 3.09. The van der Waals surface area contributed by atoms with E-state index in [9.17, 15) is 4.79 Å². The summed E-state index contributed by atoms with van der Waals surface area (Å²) in [4.78, 5) is 26.7. The van der Waals surface area contributed by atoms with E-state index in [1.54, 1.807) is 0 Å². The molecule has 1 spiro atoms. The minimum Gasteiger partial charge on any atom is -0.435 e. The SMILES string of the molecule is CCN(CC)CCC(=O)O[C@@H]1OC2O[C@]3(C)CC[C@H]4[C@H](C)CC[C@@H]([C@H]1C)C24OO3. The highest BCUT2D eigenvalue weighted by molar-refractivity contribution is 5.69.